The van der Waals surface area contributed by atoms with E-state index in [-0.39, 0.29) is 24.0 Å². The van der Waals surface area contributed by atoms with Gasteiger partial charge >= 0.3 is 0 Å². The van der Waals surface area contributed by atoms with Crippen LogP contribution in [-0.2, 0) is 0 Å². The summed E-state index contributed by atoms with van der Waals surface area (Å²) in [5, 5.41) is 6.91. The zero-order chi connectivity index (χ0) is 15.7. The minimum absolute atomic E-state index is 0. The van der Waals surface area contributed by atoms with Crippen LogP contribution in [0.3, 0.4) is 0 Å². The van der Waals surface area contributed by atoms with Crippen molar-refractivity contribution in [2.75, 3.05) is 39.8 Å². The summed E-state index contributed by atoms with van der Waals surface area (Å²) in [5.74, 6) is 3.21. The average Bonchev–Trinajstić information content (AvgIpc) is 2.42. The number of aliphatic imine (C=N–C) groups is 1. The van der Waals surface area contributed by atoms with Crippen molar-refractivity contribution >= 4 is 29.9 Å². The number of halogens is 1. The lowest BCUT2D eigenvalue weighted by Crippen LogP contribution is -2.45. The van der Waals surface area contributed by atoms with E-state index in [2.05, 4.69) is 48.2 Å². The van der Waals surface area contributed by atoms with Crippen molar-refractivity contribution in [3.05, 3.63) is 0 Å². The number of nitrogens with zero attached hydrogens (tertiary/aromatic N) is 2. The van der Waals surface area contributed by atoms with E-state index < -0.39 is 0 Å². The quantitative estimate of drug-likeness (QED) is 0.375. The van der Waals surface area contributed by atoms with E-state index >= 15 is 0 Å². The average molecular weight is 424 g/mol. The first-order valence-corrected chi connectivity index (χ1v) is 8.68. The SMILES string of the molecule is CN=C(NCCC(C)C)NCC1CCCN(CC(C)C)C1.I. The Morgan fingerprint density at radius 3 is 2.50 bits per heavy atom. The van der Waals surface area contributed by atoms with Gasteiger partial charge in [-0.05, 0) is 43.6 Å². The van der Waals surface area contributed by atoms with E-state index in [1.165, 1.54) is 38.9 Å². The fraction of sp³-hybridized carbons (Fsp3) is 0.941. The number of nitrogens with one attached hydrogen (secondary N) is 2. The lowest BCUT2D eigenvalue weighted by molar-refractivity contribution is 0.159. The molecule has 1 fully saturated rings. The second-order valence-electron chi connectivity index (χ2n) is 7.22. The van der Waals surface area contributed by atoms with Crippen LogP contribution in [0, 0.1) is 17.8 Å². The Kier molecular flexibility index (Phi) is 12.4. The van der Waals surface area contributed by atoms with Crippen LogP contribution >= 0.6 is 24.0 Å². The summed E-state index contributed by atoms with van der Waals surface area (Å²) in [7, 11) is 1.86. The van der Waals surface area contributed by atoms with Crippen LogP contribution in [-0.4, -0.2) is 50.6 Å². The maximum absolute atomic E-state index is 4.32. The van der Waals surface area contributed by atoms with Crippen LogP contribution in [0.2, 0.25) is 0 Å². The third-order valence-corrected chi connectivity index (χ3v) is 4.02. The molecule has 1 saturated heterocycles. The topological polar surface area (TPSA) is 39.7 Å². The Balaban J connectivity index is 0.00000441. The van der Waals surface area contributed by atoms with Crippen LogP contribution in [0.25, 0.3) is 0 Å². The highest BCUT2D eigenvalue weighted by molar-refractivity contribution is 14.0. The number of piperidine rings is 1. The van der Waals surface area contributed by atoms with Crippen molar-refractivity contribution < 1.29 is 0 Å². The van der Waals surface area contributed by atoms with Crippen molar-refractivity contribution in [1.29, 1.82) is 0 Å². The van der Waals surface area contributed by atoms with Crippen LogP contribution in [0.1, 0.15) is 47.0 Å². The largest absolute Gasteiger partial charge is 0.356 e. The summed E-state index contributed by atoms with van der Waals surface area (Å²) in [6.45, 7) is 14.9. The van der Waals surface area contributed by atoms with E-state index in [9.17, 15) is 0 Å². The first-order chi connectivity index (χ1) is 10.0. The van der Waals surface area contributed by atoms with Gasteiger partial charge in [0.1, 0.15) is 0 Å². The molecular weight excluding hydrogens is 387 g/mol. The predicted octanol–water partition coefficient (Wildman–Crippen LogP) is 3.18. The second kappa shape index (κ2) is 12.4. The van der Waals surface area contributed by atoms with Gasteiger partial charge in [-0.15, -0.1) is 24.0 Å². The molecule has 0 aliphatic carbocycles. The highest BCUT2D eigenvalue weighted by atomic mass is 127. The number of likely N-dealkylation sites (tertiary alicyclic amines) is 1. The van der Waals surface area contributed by atoms with E-state index in [1.54, 1.807) is 0 Å². The number of hydrogen-bond donors (Lipinski definition) is 2. The zero-order valence-electron chi connectivity index (χ0n) is 15.2. The molecule has 0 aromatic carbocycles. The summed E-state index contributed by atoms with van der Waals surface area (Å²) < 4.78 is 0. The van der Waals surface area contributed by atoms with Crippen molar-refractivity contribution in [3.63, 3.8) is 0 Å². The monoisotopic (exact) mass is 424 g/mol. The Bertz CT molecular complexity index is 305. The van der Waals surface area contributed by atoms with E-state index in [1.807, 2.05) is 7.05 Å². The first kappa shape index (κ1) is 22.0. The van der Waals surface area contributed by atoms with Gasteiger partial charge < -0.3 is 15.5 Å². The predicted molar refractivity (Wildman–Crippen MR) is 108 cm³/mol. The molecule has 132 valence electrons. The standard InChI is InChI=1S/C17H36N4.HI/c1-14(2)8-9-19-17(18-5)20-11-16-7-6-10-21(13-16)12-15(3)4;/h14-16H,6-13H2,1-5H3,(H2,18,19,20);1H. The van der Waals surface area contributed by atoms with E-state index in [0.29, 0.717) is 0 Å². The maximum atomic E-state index is 4.32. The summed E-state index contributed by atoms with van der Waals surface area (Å²) in [4.78, 5) is 6.94. The Morgan fingerprint density at radius 2 is 1.91 bits per heavy atom. The Morgan fingerprint density at radius 1 is 1.18 bits per heavy atom. The van der Waals surface area contributed by atoms with Gasteiger partial charge in [-0.1, -0.05) is 27.7 Å². The molecule has 1 rings (SSSR count). The number of rotatable bonds is 7. The molecule has 1 unspecified atom stereocenters. The molecule has 0 amide bonds. The van der Waals surface area contributed by atoms with E-state index in [4.69, 9.17) is 0 Å². The molecule has 0 bridgehead atoms. The van der Waals surface area contributed by atoms with Crippen LogP contribution in [0.4, 0.5) is 0 Å². The molecule has 1 heterocycles. The highest BCUT2D eigenvalue weighted by Gasteiger charge is 2.20. The molecule has 0 radical (unpaired) electrons. The van der Waals surface area contributed by atoms with Gasteiger partial charge in [0.25, 0.3) is 0 Å². The summed E-state index contributed by atoms with van der Waals surface area (Å²) in [6, 6.07) is 0. The molecule has 0 saturated carbocycles. The highest BCUT2D eigenvalue weighted by Crippen LogP contribution is 2.16. The molecule has 5 heteroatoms. The molecule has 1 atom stereocenters. The number of hydrogen-bond acceptors (Lipinski definition) is 2. The lowest BCUT2D eigenvalue weighted by atomic mass is 9.97. The van der Waals surface area contributed by atoms with Crippen LogP contribution in [0.15, 0.2) is 4.99 Å². The molecule has 0 aromatic heterocycles. The minimum atomic E-state index is 0. The van der Waals surface area contributed by atoms with Gasteiger partial charge in [0.05, 0.1) is 0 Å². The van der Waals surface area contributed by atoms with Crippen LogP contribution < -0.4 is 10.6 Å². The molecule has 4 nitrogen and oxygen atoms in total. The molecule has 22 heavy (non-hydrogen) atoms. The normalized spacial score (nSPS) is 20.1. The van der Waals surface area contributed by atoms with Gasteiger partial charge in [-0.2, -0.15) is 0 Å². The maximum Gasteiger partial charge on any atom is 0.190 e. The molecule has 0 aromatic rings. The van der Waals surface area contributed by atoms with Gasteiger partial charge in [0.15, 0.2) is 5.96 Å². The molecular formula is C17H37IN4. The molecule has 1 aliphatic rings. The molecule has 1 aliphatic heterocycles. The summed E-state index contributed by atoms with van der Waals surface area (Å²) in [6.07, 6.45) is 3.86. The number of guanidine groups is 1. The van der Waals surface area contributed by atoms with Gasteiger partial charge in [0, 0.05) is 33.2 Å². The smallest absolute Gasteiger partial charge is 0.190 e. The lowest BCUT2D eigenvalue weighted by Gasteiger charge is -2.34. The van der Waals surface area contributed by atoms with Crippen molar-refractivity contribution in [2.24, 2.45) is 22.7 Å². The van der Waals surface area contributed by atoms with Crippen molar-refractivity contribution in [2.45, 2.75) is 47.0 Å². The Hall–Kier alpha value is -0.0400. The van der Waals surface area contributed by atoms with Crippen LogP contribution in [0.5, 0.6) is 0 Å². The first-order valence-electron chi connectivity index (χ1n) is 8.68. The summed E-state index contributed by atoms with van der Waals surface area (Å²) >= 11 is 0. The molecule has 2 N–H and O–H groups in total. The fourth-order valence-electron chi connectivity index (χ4n) is 2.94. The zero-order valence-corrected chi connectivity index (χ0v) is 17.5. The minimum Gasteiger partial charge on any atom is -0.356 e. The van der Waals surface area contributed by atoms with Crippen molar-refractivity contribution in [1.82, 2.24) is 15.5 Å². The fourth-order valence-corrected chi connectivity index (χ4v) is 2.94. The van der Waals surface area contributed by atoms with Crippen molar-refractivity contribution in [3.8, 4) is 0 Å². The van der Waals surface area contributed by atoms with Gasteiger partial charge in [-0.25, -0.2) is 0 Å². The molecule has 0 spiro atoms. The summed E-state index contributed by atoms with van der Waals surface area (Å²) in [5.41, 5.74) is 0. The van der Waals surface area contributed by atoms with Gasteiger partial charge in [0.2, 0.25) is 0 Å². The van der Waals surface area contributed by atoms with Gasteiger partial charge in [-0.3, -0.25) is 4.99 Å². The third-order valence-electron chi connectivity index (χ3n) is 4.02. The second-order valence-corrected chi connectivity index (χ2v) is 7.22. The van der Waals surface area contributed by atoms with E-state index in [0.717, 1.165) is 36.8 Å². The Labute approximate surface area is 154 Å². The third kappa shape index (κ3) is 9.87.